The van der Waals surface area contributed by atoms with Gasteiger partial charge in [-0.1, -0.05) is 6.07 Å². The summed E-state index contributed by atoms with van der Waals surface area (Å²) in [5.74, 6) is -0.977. The zero-order valence-electron chi connectivity index (χ0n) is 12.4. The Balaban J connectivity index is 1.78. The summed E-state index contributed by atoms with van der Waals surface area (Å²) in [5, 5.41) is 15.1. The number of halogens is 1. The number of nitrogens with zero attached hydrogens (tertiary/aromatic N) is 1. The molecule has 0 atom stereocenters. The third kappa shape index (κ3) is 5.43. The van der Waals surface area contributed by atoms with Gasteiger partial charge >= 0.3 is 5.97 Å². The summed E-state index contributed by atoms with van der Waals surface area (Å²) in [7, 11) is 0. The van der Waals surface area contributed by atoms with E-state index in [9.17, 15) is 19.7 Å². The molecule has 0 saturated heterocycles. The van der Waals surface area contributed by atoms with E-state index in [2.05, 4.69) is 21.2 Å². The molecule has 1 heterocycles. The average Bonchev–Trinajstić information content (AvgIpc) is 3.06. The van der Waals surface area contributed by atoms with E-state index in [1.165, 1.54) is 18.2 Å². The van der Waals surface area contributed by atoms with E-state index >= 15 is 0 Å². The second-order valence-corrected chi connectivity index (χ2v) is 6.60. The van der Waals surface area contributed by atoms with Gasteiger partial charge in [0, 0.05) is 21.5 Å². The number of hydrogen-bond donors (Lipinski definition) is 1. The first-order valence-corrected chi connectivity index (χ1v) is 8.55. The highest BCUT2D eigenvalue weighted by molar-refractivity contribution is 9.10. The lowest BCUT2D eigenvalue weighted by atomic mass is 10.3. The Morgan fingerprint density at radius 1 is 1.33 bits per heavy atom. The van der Waals surface area contributed by atoms with Crippen molar-refractivity contribution in [1.29, 1.82) is 0 Å². The van der Waals surface area contributed by atoms with Crippen molar-refractivity contribution in [3.63, 3.8) is 0 Å². The minimum Gasteiger partial charge on any atom is -0.456 e. The number of thiophene rings is 1. The molecule has 0 saturated carbocycles. The zero-order valence-corrected chi connectivity index (χ0v) is 14.8. The molecule has 1 aromatic carbocycles. The van der Waals surface area contributed by atoms with Gasteiger partial charge in [0.1, 0.15) is 0 Å². The number of esters is 1. The molecule has 1 N–H and O–H groups in total. The highest BCUT2D eigenvalue weighted by atomic mass is 79.9. The third-order valence-corrected chi connectivity index (χ3v) is 4.55. The standard InChI is InChI=1S/C15H13BrN2O5S/c16-12-8-10(18(21)22)3-5-13(12)17-14(19)9-23-15(20)6-4-11-2-1-7-24-11/h1-3,5,7-8H,4,6,9H2,(H,17,19). The molecule has 24 heavy (non-hydrogen) atoms. The van der Waals surface area contributed by atoms with Crippen molar-refractivity contribution in [2.75, 3.05) is 11.9 Å². The molecule has 0 aliphatic carbocycles. The van der Waals surface area contributed by atoms with E-state index in [1.54, 1.807) is 11.3 Å². The van der Waals surface area contributed by atoms with Gasteiger partial charge in [-0.15, -0.1) is 11.3 Å². The number of anilines is 1. The van der Waals surface area contributed by atoms with E-state index < -0.39 is 23.4 Å². The van der Waals surface area contributed by atoms with Crippen LogP contribution >= 0.6 is 27.3 Å². The number of rotatable bonds is 7. The van der Waals surface area contributed by atoms with Crippen LogP contribution in [0.1, 0.15) is 11.3 Å². The SMILES string of the molecule is O=C(COC(=O)CCc1cccs1)Nc1ccc([N+](=O)[O-])cc1Br. The van der Waals surface area contributed by atoms with E-state index in [4.69, 9.17) is 4.74 Å². The van der Waals surface area contributed by atoms with Crippen LogP contribution in [0.4, 0.5) is 11.4 Å². The Labute approximate surface area is 149 Å². The first-order valence-electron chi connectivity index (χ1n) is 6.87. The molecule has 0 spiro atoms. The van der Waals surface area contributed by atoms with Crippen molar-refractivity contribution < 1.29 is 19.2 Å². The maximum Gasteiger partial charge on any atom is 0.306 e. The van der Waals surface area contributed by atoms with Gasteiger partial charge in [0.2, 0.25) is 0 Å². The number of nitrogens with one attached hydrogen (secondary N) is 1. The number of ether oxygens (including phenoxy) is 1. The Hall–Kier alpha value is -2.26. The van der Waals surface area contributed by atoms with Gasteiger partial charge in [-0.2, -0.15) is 0 Å². The first kappa shape index (κ1) is 18.1. The van der Waals surface area contributed by atoms with Gasteiger partial charge in [-0.25, -0.2) is 0 Å². The predicted octanol–water partition coefficient (Wildman–Crippen LogP) is 3.53. The number of nitro groups is 1. The Bertz CT molecular complexity index is 748. The summed E-state index contributed by atoms with van der Waals surface area (Å²) in [5.41, 5.74) is 0.264. The molecule has 0 radical (unpaired) electrons. The van der Waals surface area contributed by atoms with Crippen LogP contribution < -0.4 is 5.32 Å². The highest BCUT2D eigenvalue weighted by Gasteiger charge is 2.13. The average molecular weight is 413 g/mol. The van der Waals surface area contributed by atoms with Crippen LogP contribution in [0.2, 0.25) is 0 Å². The maximum absolute atomic E-state index is 11.8. The van der Waals surface area contributed by atoms with Crippen LogP contribution in [0.3, 0.4) is 0 Å². The van der Waals surface area contributed by atoms with E-state index in [0.717, 1.165) is 4.88 Å². The predicted molar refractivity (Wildman–Crippen MR) is 93.0 cm³/mol. The molecular formula is C15H13BrN2O5S. The van der Waals surface area contributed by atoms with Gasteiger partial charge in [0.05, 0.1) is 17.0 Å². The van der Waals surface area contributed by atoms with Gasteiger partial charge in [0.25, 0.3) is 11.6 Å². The van der Waals surface area contributed by atoms with E-state index in [1.807, 2.05) is 17.5 Å². The first-order chi connectivity index (χ1) is 11.5. The van der Waals surface area contributed by atoms with Crippen molar-refractivity contribution in [3.05, 3.63) is 55.2 Å². The molecule has 2 rings (SSSR count). The lowest BCUT2D eigenvalue weighted by Crippen LogP contribution is -2.21. The van der Waals surface area contributed by atoms with Crippen LogP contribution in [0.5, 0.6) is 0 Å². The molecule has 1 aromatic heterocycles. The summed E-state index contributed by atoms with van der Waals surface area (Å²) >= 11 is 4.70. The molecule has 0 bridgehead atoms. The fraction of sp³-hybridized carbons (Fsp3) is 0.200. The van der Waals surface area contributed by atoms with Crippen molar-refractivity contribution in [2.24, 2.45) is 0 Å². The van der Waals surface area contributed by atoms with E-state index in [0.29, 0.717) is 16.6 Å². The summed E-state index contributed by atoms with van der Waals surface area (Å²) < 4.78 is 5.28. The van der Waals surface area contributed by atoms with Gasteiger partial charge < -0.3 is 10.1 Å². The lowest BCUT2D eigenvalue weighted by molar-refractivity contribution is -0.384. The lowest BCUT2D eigenvalue weighted by Gasteiger charge is -2.08. The summed E-state index contributed by atoms with van der Waals surface area (Å²) in [6.07, 6.45) is 0.779. The number of aryl methyl sites for hydroxylation is 1. The Morgan fingerprint density at radius 3 is 2.75 bits per heavy atom. The minimum absolute atomic E-state index is 0.0973. The summed E-state index contributed by atoms with van der Waals surface area (Å²) in [6.45, 7) is -0.410. The van der Waals surface area contributed by atoms with E-state index in [-0.39, 0.29) is 12.1 Å². The largest absolute Gasteiger partial charge is 0.456 e. The topological polar surface area (TPSA) is 98.5 Å². The number of nitro benzene ring substituents is 1. The van der Waals surface area contributed by atoms with Crippen molar-refractivity contribution in [1.82, 2.24) is 0 Å². The zero-order chi connectivity index (χ0) is 17.5. The second kappa shape index (κ2) is 8.55. The van der Waals surface area contributed by atoms with Gasteiger partial charge in [-0.05, 0) is 39.9 Å². The molecule has 0 aliphatic rings. The summed E-state index contributed by atoms with van der Waals surface area (Å²) in [6, 6.07) is 7.78. The van der Waals surface area contributed by atoms with Crippen molar-refractivity contribution in [2.45, 2.75) is 12.8 Å². The molecular weight excluding hydrogens is 400 g/mol. The fourth-order valence-electron chi connectivity index (χ4n) is 1.80. The minimum atomic E-state index is -0.536. The van der Waals surface area contributed by atoms with Crippen molar-refractivity contribution >= 4 is 50.5 Å². The normalized spacial score (nSPS) is 10.2. The second-order valence-electron chi connectivity index (χ2n) is 4.71. The molecule has 0 fully saturated rings. The quantitative estimate of drug-likeness (QED) is 0.425. The third-order valence-electron chi connectivity index (χ3n) is 2.96. The van der Waals surface area contributed by atoms with Crippen LogP contribution in [-0.2, 0) is 20.7 Å². The molecule has 9 heteroatoms. The van der Waals surface area contributed by atoms with Crippen LogP contribution in [0.25, 0.3) is 0 Å². The molecule has 2 aromatic rings. The van der Waals surface area contributed by atoms with Crippen LogP contribution in [-0.4, -0.2) is 23.4 Å². The monoisotopic (exact) mass is 412 g/mol. The number of amides is 1. The Morgan fingerprint density at radius 2 is 2.12 bits per heavy atom. The number of benzene rings is 1. The smallest absolute Gasteiger partial charge is 0.306 e. The number of carbonyl (C=O) groups excluding carboxylic acids is 2. The molecule has 0 unspecified atom stereocenters. The Kier molecular flexibility index (Phi) is 6.44. The van der Waals surface area contributed by atoms with Crippen molar-refractivity contribution in [3.8, 4) is 0 Å². The number of non-ortho nitro benzene ring substituents is 1. The van der Waals surface area contributed by atoms with Crippen LogP contribution in [0.15, 0.2) is 40.2 Å². The number of hydrogen-bond acceptors (Lipinski definition) is 6. The molecule has 126 valence electrons. The fourth-order valence-corrected chi connectivity index (χ4v) is 2.98. The summed E-state index contributed by atoms with van der Waals surface area (Å²) in [4.78, 5) is 34.6. The van der Waals surface area contributed by atoms with Gasteiger partial charge in [-0.3, -0.25) is 19.7 Å². The molecule has 1 amide bonds. The van der Waals surface area contributed by atoms with Gasteiger partial charge in [0.15, 0.2) is 6.61 Å². The maximum atomic E-state index is 11.8. The highest BCUT2D eigenvalue weighted by Crippen LogP contribution is 2.27. The molecule has 7 nitrogen and oxygen atoms in total. The number of carbonyl (C=O) groups is 2. The molecule has 0 aliphatic heterocycles. The van der Waals surface area contributed by atoms with Crippen LogP contribution in [0, 0.1) is 10.1 Å².